The van der Waals surface area contributed by atoms with Crippen molar-refractivity contribution in [3.05, 3.63) is 28.3 Å². The van der Waals surface area contributed by atoms with Gasteiger partial charge in [-0.1, -0.05) is 6.92 Å². The fourth-order valence-electron chi connectivity index (χ4n) is 2.64. The fourth-order valence-corrected chi connectivity index (χ4v) is 2.64. The highest BCUT2D eigenvalue weighted by Crippen LogP contribution is 2.35. The minimum atomic E-state index is -0.592. The number of rotatable bonds is 4. The molecule has 0 unspecified atom stereocenters. The molecule has 0 atom stereocenters. The number of benzene rings is 1. The Morgan fingerprint density at radius 2 is 2.14 bits per heavy atom. The van der Waals surface area contributed by atoms with Gasteiger partial charge in [-0.2, -0.15) is 0 Å². The summed E-state index contributed by atoms with van der Waals surface area (Å²) in [5.41, 5.74) is -0.450. The monoisotopic (exact) mass is 293 g/mol. The molecule has 0 aliphatic carbocycles. The van der Waals surface area contributed by atoms with Crippen molar-refractivity contribution >= 4 is 17.3 Å². The van der Waals surface area contributed by atoms with E-state index in [1.807, 2.05) is 6.92 Å². The molecule has 0 aromatic heterocycles. The Balaban J connectivity index is 2.17. The van der Waals surface area contributed by atoms with Gasteiger partial charge in [-0.3, -0.25) is 14.9 Å². The lowest BCUT2D eigenvalue weighted by atomic mass is 9.76. The van der Waals surface area contributed by atoms with Crippen molar-refractivity contribution in [3.63, 3.8) is 0 Å². The lowest BCUT2D eigenvalue weighted by Gasteiger charge is -2.35. The van der Waals surface area contributed by atoms with E-state index in [1.54, 1.807) is 0 Å². The summed E-state index contributed by atoms with van der Waals surface area (Å²) < 4.78 is 0. The van der Waals surface area contributed by atoms with Crippen molar-refractivity contribution in [2.45, 2.75) is 26.2 Å². The molecule has 1 aliphatic heterocycles. The van der Waals surface area contributed by atoms with Crippen LogP contribution >= 0.6 is 0 Å². The van der Waals surface area contributed by atoms with Gasteiger partial charge in [-0.15, -0.1) is 0 Å². The summed E-state index contributed by atoms with van der Waals surface area (Å²) in [5.74, 6) is -0.437. The maximum atomic E-state index is 12.5. The predicted molar refractivity (Wildman–Crippen MR) is 78.2 cm³/mol. The molecule has 0 radical (unpaired) electrons. The van der Waals surface area contributed by atoms with Gasteiger partial charge in [0.1, 0.15) is 5.75 Å². The number of nitrogens with one attached hydrogen (secondary N) is 2. The molecule has 114 valence electrons. The molecule has 1 aromatic carbocycles. The molecule has 1 fully saturated rings. The number of non-ortho nitro benzene ring substituents is 1. The average molecular weight is 293 g/mol. The second kappa shape index (κ2) is 6.09. The van der Waals surface area contributed by atoms with Crippen LogP contribution in [-0.4, -0.2) is 29.0 Å². The van der Waals surface area contributed by atoms with Crippen LogP contribution in [0.25, 0.3) is 0 Å². The van der Waals surface area contributed by atoms with Crippen molar-refractivity contribution in [2.24, 2.45) is 5.41 Å². The van der Waals surface area contributed by atoms with Crippen LogP contribution in [0.3, 0.4) is 0 Å². The molecular formula is C14H19N3O4. The van der Waals surface area contributed by atoms with E-state index in [4.69, 9.17) is 0 Å². The molecule has 1 aliphatic rings. The Bertz CT molecular complexity index is 553. The first-order valence-corrected chi connectivity index (χ1v) is 6.98. The summed E-state index contributed by atoms with van der Waals surface area (Å²) in [5, 5.41) is 26.4. The number of phenolic OH excluding ortho intramolecular Hbond substituents is 1. The van der Waals surface area contributed by atoms with E-state index in [0.717, 1.165) is 32.0 Å². The Hall–Kier alpha value is -2.15. The normalized spacial score (nSPS) is 17.2. The Kier molecular flexibility index (Phi) is 4.42. The number of aromatic hydroxyl groups is 1. The minimum Gasteiger partial charge on any atom is -0.506 e. The molecule has 7 heteroatoms. The van der Waals surface area contributed by atoms with Gasteiger partial charge in [-0.25, -0.2) is 0 Å². The molecule has 7 nitrogen and oxygen atoms in total. The smallest absolute Gasteiger partial charge is 0.273 e. The van der Waals surface area contributed by atoms with E-state index >= 15 is 0 Å². The highest BCUT2D eigenvalue weighted by Gasteiger charge is 2.38. The lowest BCUT2D eigenvalue weighted by Crippen LogP contribution is -2.44. The number of nitro benzene ring substituents is 1. The van der Waals surface area contributed by atoms with Gasteiger partial charge < -0.3 is 15.7 Å². The zero-order valence-electron chi connectivity index (χ0n) is 11.9. The van der Waals surface area contributed by atoms with Gasteiger partial charge in [-0.05, 0) is 38.4 Å². The predicted octanol–water partition coefficient (Wildman–Crippen LogP) is 2.02. The molecule has 1 saturated heterocycles. The number of carbonyl (C=O) groups excluding carboxylic acids is 1. The third kappa shape index (κ3) is 3.13. The highest BCUT2D eigenvalue weighted by atomic mass is 16.6. The minimum absolute atomic E-state index is 0.143. The third-order valence-corrected chi connectivity index (χ3v) is 4.16. The van der Waals surface area contributed by atoms with E-state index in [0.29, 0.717) is 6.42 Å². The van der Waals surface area contributed by atoms with Crippen LogP contribution in [0.5, 0.6) is 5.75 Å². The number of phenols is 1. The van der Waals surface area contributed by atoms with Crippen LogP contribution in [-0.2, 0) is 4.79 Å². The number of hydrogen-bond acceptors (Lipinski definition) is 5. The standard InChI is InChI=1S/C14H19N3O4/c1-2-14(5-7-15-8-6-14)13(19)16-11-4-3-10(17(20)21)9-12(11)18/h3-4,9,15,18H,2,5-8H2,1H3,(H,16,19). The Morgan fingerprint density at radius 3 is 2.67 bits per heavy atom. The summed E-state index contributed by atoms with van der Waals surface area (Å²) in [6.07, 6.45) is 2.19. The first kappa shape index (κ1) is 15.2. The van der Waals surface area contributed by atoms with E-state index < -0.39 is 10.3 Å². The Labute approximate surface area is 122 Å². The first-order chi connectivity index (χ1) is 9.98. The third-order valence-electron chi connectivity index (χ3n) is 4.16. The molecule has 1 amide bonds. The second-order valence-corrected chi connectivity index (χ2v) is 5.30. The SMILES string of the molecule is CCC1(C(=O)Nc2ccc([N+](=O)[O-])cc2O)CCNCC1. The van der Waals surface area contributed by atoms with Crippen molar-refractivity contribution in [2.75, 3.05) is 18.4 Å². The summed E-state index contributed by atoms with van der Waals surface area (Å²) in [7, 11) is 0. The maximum Gasteiger partial charge on any atom is 0.273 e. The molecular weight excluding hydrogens is 274 g/mol. The number of anilines is 1. The van der Waals surface area contributed by atoms with Gasteiger partial charge >= 0.3 is 0 Å². The molecule has 21 heavy (non-hydrogen) atoms. The molecule has 1 aromatic rings. The molecule has 0 bridgehead atoms. The van der Waals surface area contributed by atoms with Gasteiger partial charge in [0.15, 0.2) is 0 Å². The lowest BCUT2D eigenvalue weighted by molar-refractivity contribution is -0.384. The van der Waals surface area contributed by atoms with Gasteiger partial charge in [0.05, 0.1) is 22.1 Å². The number of hydrogen-bond donors (Lipinski definition) is 3. The van der Waals surface area contributed by atoms with E-state index in [9.17, 15) is 20.0 Å². The molecule has 0 saturated carbocycles. The second-order valence-electron chi connectivity index (χ2n) is 5.30. The number of nitro groups is 1. The number of amides is 1. The molecule has 0 spiro atoms. The highest BCUT2D eigenvalue weighted by molar-refractivity contribution is 5.96. The van der Waals surface area contributed by atoms with Crippen LogP contribution < -0.4 is 10.6 Å². The van der Waals surface area contributed by atoms with Crippen molar-refractivity contribution in [1.82, 2.24) is 5.32 Å². The summed E-state index contributed by atoms with van der Waals surface area (Å²) >= 11 is 0. The number of piperidine rings is 1. The van der Waals surface area contributed by atoms with Crippen LogP contribution in [0.15, 0.2) is 18.2 Å². The van der Waals surface area contributed by atoms with Crippen LogP contribution in [0, 0.1) is 15.5 Å². The van der Waals surface area contributed by atoms with Crippen LogP contribution in [0.2, 0.25) is 0 Å². The largest absolute Gasteiger partial charge is 0.506 e. The van der Waals surface area contributed by atoms with Crippen LogP contribution in [0.1, 0.15) is 26.2 Å². The fraction of sp³-hybridized carbons (Fsp3) is 0.500. The number of carbonyl (C=O) groups is 1. The van der Waals surface area contributed by atoms with Gasteiger partial charge in [0.25, 0.3) is 5.69 Å². The zero-order valence-corrected chi connectivity index (χ0v) is 11.9. The molecule has 3 N–H and O–H groups in total. The molecule has 1 heterocycles. The van der Waals surface area contributed by atoms with Crippen LogP contribution in [0.4, 0.5) is 11.4 Å². The summed E-state index contributed by atoms with van der Waals surface area (Å²) in [6, 6.07) is 3.66. The van der Waals surface area contributed by atoms with E-state index in [1.165, 1.54) is 12.1 Å². The van der Waals surface area contributed by atoms with E-state index in [2.05, 4.69) is 10.6 Å². The summed E-state index contributed by atoms with van der Waals surface area (Å²) in [4.78, 5) is 22.5. The zero-order chi connectivity index (χ0) is 15.5. The van der Waals surface area contributed by atoms with Gasteiger partial charge in [0.2, 0.25) is 5.91 Å². The van der Waals surface area contributed by atoms with E-state index in [-0.39, 0.29) is 23.0 Å². The maximum absolute atomic E-state index is 12.5. The van der Waals surface area contributed by atoms with Gasteiger partial charge in [0, 0.05) is 6.07 Å². The van der Waals surface area contributed by atoms with Crippen molar-refractivity contribution in [3.8, 4) is 5.75 Å². The van der Waals surface area contributed by atoms with Crippen molar-refractivity contribution < 1.29 is 14.8 Å². The number of nitrogens with zero attached hydrogens (tertiary/aromatic N) is 1. The average Bonchev–Trinajstić information content (AvgIpc) is 2.49. The van der Waals surface area contributed by atoms with Crippen molar-refractivity contribution in [1.29, 1.82) is 0 Å². The quantitative estimate of drug-likeness (QED) is 0.447. The topological polar surface area (TPSA) is 104 Å². The first-order valence-electron chi connectivity index (χ1n) is 6.98. The molecule has 2 rings (SSSR count). The Morgan fingerprint density at radius 1 is 1.48 bits per heavy atom. The summed E-state index contributed by atoms with van der Waals surface area (Å²) in [6.45, 7) is 3.54.